The monoisotopic (exact) mass is 467 g/mol. The number of aliphatic carboxylic acids is 1. The molecule has 7 heteroatoms. The second kappa shape index (κ2) is 9.85. The second-order valence-electron chi connectivity index (χ2n) is 8.31. The Kier molecular flexibility index (Phi) is 6.30. The van der Waals surface area contributed by atoms with Crippen LogP contribution in [0, 0.1) is 0 Å². The van der Waals surface area contributed by atoms with Crippen LogP contribution in [-0.4, -0.2) is 34.9 Å². The van der Waals surface area contributed by atoms with Gasteiger partial charge in [0.1, 0.15) is 24.1 Å². The maximum Gasteiger partial charge on any atom is 0.254 e. The van der Waals surface area contributed by atoms with Crippen molar-refractivity contribution in [3.05, 3.63) is 96.4 Å². The van der Waals surface area contributed by atoms with Crippen molar-refractivity contribution < 1.29 is 23.8 Å². The Morgan fingerprint density at radius 2 is 1.69 bits per heavy atom. The molecule has 7 nitrogen and oxygen atoms in total. The number of oxazole rings is 1. The van der Waals surface area contributed by atoms with Crippen LogP contribution < -0.4 is 9.84 Å². The summed E-state index contributed by atoms with van der Waals surface area (Å²) < 4.78 is 11.5. The number of hydrogen-bond acceptors (Lipinski definition) is 6. The van der Waals surface area contributed by atoms with Crippen molar-refractivity contribution >= 4 is 11.9 Å². The van der Waals surface area contributed by atoms with E-state index in [0.717, 1.165) is 29.7 Å². The Labute approximate surface area is 202 Å². The van der Waals surface area contributed by atoms with Gasteiger partial charge >= 0.3 is 0 Å². The first-order valence-electron chi connectivity index (χ1n) is 11.5. The van der Waals surface area contributed by atoms with Gasteiger partial charge in [-0.15, -0.1) is 0 Å². The molecule has 1 aromatic heterocycles. The number of carboxylic acid groups (broad SMARTS) is 1. The molecule has 0 spiro atoms. The molecule has 35 heavy (non-hydrogen) atoms. The zero-order chi connectivity index (χ0) is 24.2. The number of carboxylic acids is 1. The molecular weight excluding hydrogens is 444 g/mol. The number of benzene rings is 3. The standard InChI is InChI=1S/C28H24N2O5/c31-24(32)18-34-22-14-7-13-21(17-22)28(33)30-16-8-15-23(30)27-29-25(19-9-3-1-4-10-19)26(35-27)20-11-5-2-6-12-20/h1-7,9-14,17,23H,8,15-16,18H2,(H,31,32)/p-1. The molecule has 0 aliphatic carbocycles. The zero-order valence-electron chi connectivity index (χ0n) is 18.9. The van der Waals surface area contributed by atoms with Crippen molar-refractivity contribution in [1.82, 2.24) is 9.88 Å². The van der Waals surface area contributed by atoms with E-state index in [1.165, 1.54) is 0 Å². The van der Waals surface area contributed by atoms with Gasteiger partial charge in [0.15, 0.2) is 5.76 Å². The van der Waals surface area contributed by atoms with E-state index in [1.807, 2.05) is 60.7 Å². The van der Waals surface area contributed by atoms with Crippen molar-refractivity contribution in [2.75, 3.05) is 13.2 Å². The molecule has 1 amide bonds. The Hall–Kier alpha value is -4.39. The van der Waals surface area contributed by atoms with Crippen LogP contribution >= 0.6 is 0 Å². The summed E-state index contributed by atoms with van der Waals surface area (Å²) in [7, 11) is 0. The molecule has 2 heterocycles. The molecule has 3 aromatic carbocycles. The minimum atomic E-state index is -1.33. The highest BCUT2D eigenvalue weighted by molar-refractivity contribution is 5.95. The van der Waals surface area contributed by atoms with Crippen LogP contribution in [0.25, 0.3) is 22.6 Å². The second-order valence-corrected chi connectivity index (χ2v) is 8.31. The average Bonchev–Trinajstić information content (AvgIpc) is 3.56. The lowest BCUT2D eigenvalue weighted by Crippen LogP contribution is -2.31. The normalized spacial score (nSPS) is 15.2. The van der Waals surface area contributed by atoms with Crippen LogP contribution in [0.15, 0.2) is 89.3 Å². The smallest absolute Gasteiger partial charge is 0.254 e. The molecule has 4 aromatic rings. The van der Waals surface area contributed by atoms with Gasteiger partial charge in [0, 0.05) is 23.2 Å². The Morgan fingerprint density at radius 3 is 2.40 bits per heavy atom. The molecule has 0 N–H and O–H groups in total. The maximum absolute atomic E-state index is 13.4. The molecule has 176 valence electrons. The third kappa shape index (κ3) is 4.80. The third-order valence-corrected chi connectivity index (χ3v) is 5.96. The Bertz CT molecular complexity index is 1280. The van der Waals surface area contributed by atoms with Gasteiger partial charge in [-0.2, -0.15) is 0 Å². The van der Waals surface area contributed by atoms with Crippen molar-refractivity contribution in [3.8, 4) is 28.3 Å². The van der Waals surface area contributed by atoms with Gasteiger partial charge in [-0.3, -0.25) is 4.79 Å². The molecule has 1 atom stereocenters. The summed E-state index contributed by atoms with van der Waals surface area (Å²) in [6.07, 6.45) is 1.55. The number of likely N-dealkylation sites (tertiary alicyclic amines) is 1. The van der Waals surface area contributed by atoms with Gasteiger partial charge in [0.2, 0.25) is 5.89 Å². The Balaban J connectivity index is 1.47. The average molecular weight is 468 g/mol. The highest BCUT2D eigenvalue weighted by atomic mass is 16.5. The van der Waals surface area contributed by atoms with Gasteiger partial charge in [-0.25, -0.2) is 4.98 Å². The van der Waals surface area contributed by atoms with E-state index in [-0.39, 0.29) is 11.9 Å². The van der Waals surface area contributed by atoms with Crippen LogP contribution in [0.3, 0.4) is 0 Å². The van der Waals surface area contributed by atoms with Gasteiger partial charge in [-0.05, 0) is 31.0 Å². The fourth-order valence-electron chi connectivity index (χ4n) is 4.35. The molecular formula is C28H23N2O5-. The summed E-state index contributed by atoms with van der Waals surface area (Å²) in [6, 6.07) is 25.8. The van der Waals surface area contributed by atoms with E-state index >= 15 is 0 Å². The van der Waals surface area contributed by atoms with E-state index in [1.54, 1.807) is 29.2 Å². The van der Waals surface area contributed by atoms with Crippen LogP contribution in [0.4, 0.5) is 0 Å². The molecule has 1 unspecified atom stereocenters. The first-order valence-corrected chi connectivity index (χ1v) is 11.5. The largest absolute Gasteiger partial charge is 0.546 e. The topological polar surface area (TPSA) is 95.7 Å². The third-order valence-electron chi connectivity index (χ3n) is 5.96. The summed E-state index contributed by atoms with van der Waals surface area (Å²) in [6.45, 7) is -0.0117. The van der Waals surface area contributed by atoms with Gasteiger partial charge in [0.05, 0.1) is 5.97 Å². The highest BCUT2D eigenvalue weighted by Gasteiger charge is 2.35. The number of rotatable bonds is 7. The summed E-state index contributed by atoms with van der Waals surface area (Å²) in [5.41, 5.74) is 3.00. The van der Waals surface area contributed by atoms with E-state index in [4.69, 9.17) is 14.1 Å². The molecule has 0 radical (unpaired) electrons. The van der Waals surface area contributed by atoms with Crippen molar-refractivity contribution in [1.29, 1.82) is 0 Å². The fourth-order valence-corrected chi connectivity index (χ4v) is 4.35. The number of hydrogen-bond donors (Lipinski definition) is 0. The van der Waals surface area contributed by atoms with Crippen LogP contribution in [-0.2, 0) is 4.79 Å². The van der Waals surface area contributed by atoms with Gasteiger partial charge < -0.3 is 24.0 Å². The number of carbonyl (C=O) groups excluding carboxylic acids is 2. The van der Waals surface area contributed by atoms with Crippen LogP contribution in [0.5, 0.6) is 5.75 Å². The van der Waals surface area contributed by atoms with E-state index in [0.29, 0.717) is 29.5 Å². The van der Waals surface area contributed by atoms with Crippen molar-refractivity contribution in [2.45, 2.75) is 18.9 Å². The molecule has 1 fully saturated rings. The minimum Gasteiger partial charge on any atom is -0.546 e. The summed E-state index contributed by atoms with van der Waals surface area (Å²) in [4.78, 5) is 30.8. The van der Waals surface area contributed by atoms with Gasteiger partial charge in [-0.1, -0.05) is 66.7 Å². The van der Waals surface area contributed by atoms with E-state index < -0.39 is 12.6 Å². The number of ether oxygens (including phenoxy) is 1. The first-order chi connectivity index (χ1) is 17.1. The predicted octanol–water partition coefficient (Wildman–Crippen LogP) is 4.11. The number of aromatic nitrogens is 1. The van der Waals surface area contributed by atoms with Crippen LogP contribution in [0.2, 0.25) is 0 Å². The lowest BCUT2D eigenvalue weighted by atomic mass is 10.1. The molecule has 0 saturated carbocycles. The molecule has 0 bridgehead atoms. The molecule has 5 rings (SSSR count). The number of nitrogens with zero attached hydrogens (tertiary/aromatic N) is 2. The lowest BCUT2D eigenvalue weighted by Gasteiger charge is -2.22. The summed E-state index contributed by atoms with van der Waals surface area (Å²) in [5, 5.41) is 10.7. The zero-order valence-corrected chi connectivity index (χ0v) is 18.9. The molecule has 1 aliphatic rings. The highest BCUT2D eigenvalue weighted by Crippen LogP contribution is 2.39. The Morgan fingerprint density at radius 1 is 0.971 bits per heavy atom. The van der Waals surface area contributed by atoms with Crippen molar-refractivity contribution in [2.24, 2.45) is 0 Å². The van der Waals surface area contributed by atoms with Crippen molar-refractivity contribution in [3.63, 3.8) is 0 Å². The summed E-state index contributed by atoms with van der Waals surface area (Å²) >= 11 is 0. The predicted molar refractivity (Wildman–Crippen MR) is 127 cm³/mol. The fraction of sp³-hybridized carbons (Fsp3) is 0.179. The SMILES string of the molecule is O=C([O-])COc1cccc(C(=O)N2CCCC2c2nc(-c3ccccc3)c(-c3ccccc3)o2)c1. The van der Waals surface area contributed by atoms with Gasteiger partial charge in [0.25, 0.3) is 5.91 Å². The first kappa shape index (κ1) is 22.4. The molecule has 1 saturated heterocycles. The van der Waals surface area contributed by atoms with E-state index in [9.17, 15) is 14.7 Å². The molecule has 1 aliphatic heterocycles. The van der Waals surface area contributed by atoms with Crippen LogP contribution in [0.1, 0.15) is 35.1 Å². The number of carbonyl (C=O) groups is 2. The maximum atomic E-state index is 13.4. The number of amides is 1. The summed E-state index contributed by atoms with van der Waals surface area (Å²) in [5.74, 6) is -0.0490. The quantitative estimate of drug-likeness (QED) is 0.406. The van der Waals surface area contributed by atoms with E-state index in [2.05, 4.69) is 0 Å². The minimum absolute atomic E-state index is 0.188. The lowest BCUT2D eigenvalue weighted by molar-refractivity contribution is -0.307.